The smallest absolute Gasteiger partial charge is 0.351 e. The van der Waals surface area contributed by atoms with E-state index in [9.17, 15) is 4.79 Å². The fraction of sp³-hybridized carbons (Fsp3) is 0.286. The molecule has 1 heterocycles. The maximum absolute atomic E-state index is 11.5. The van der Waals surface area contributed by atoms with Crippen molar-refractivity contribution in [1.29, 1.82) is 0 Å². The molecule has 2 rings (SSSR count). The largest absolute Gasteiger partial charge is 0.497 e. The Labute approximate surface area is 131 Å². The van der Waals surface area contributed by atoms with Gasteiger partial charge in [0.05, 0.1) is 20.3 Å². The Bertz CT molecular complexity index is 628. The Hall–Kier alpha value is -1.79. The summed E-state index contributed by atoms with van der Waals surface area (Å²) < 4.78 is 9.78. The second kappa shape index (κ2) is 6.78. The average Bonchev–Trinajstić information content (AvgIpc) is 2.87. The van der Waals surface area contributed by atoms with E-state index in [-0.39, 0.29) is 11.2 Å². The third-order valence-electron chi connectivity index (χ3n) is 2.91. The van der Waals surface area contributed by atoms with Crippen molar-refractivity contribution < 1.29 is 14.3 Å². The maximum Gasteiger partial charge on any atom is 0.351 e. The molecule has 0 fully saturated rings. The number of rotatable bonds is 5. The molecular formula is C14H15ClN2O3S. The van der Waals surface area contributed by atoms with Crippen LogP contribution < -0.4 is 10.1 Å². The summed E-state index contributed by atoms with van der Waals surface area (Å²) in [5.41, 5.74) is 1.07. The van der Waals surface area contributed by atoms with Crippen LogP contribution in [0.5, 0.6) is 5.75 Å². The standard InChI is InChI=1S/C14H15ClN2O3S/c1-8(9-4-6-10(19-2)7-5-9)16-14-17-12(15)11(21-14)13(18)20-3/h4-8H,1-3H3,(H,16,17). The van der Waals surface area contributed by atoms with Crippen molar-refractivity contribution in [2.75, 3.05) is 19.5 Å². The number of nitrogens with one attached hydrogen (secondary N) is 1. The van der Waals surface area contributed by atoms with Crippen LogP contribution in [0.1, 0.15) is 28.2 Å². The van der Waals surface area contributed by atoms with Crippen molar-refractivity contribution in [3.05, 3.63) is 39.9 Å². The first-order chi connectivity index (χ1) is 10.0. The lowest BCUT2D eigenvalue weighted by Crippen LogP contribution is -2.06. The first-order valence-electron chi connectivity index (χ1n) is 6.20. The molecular weight excluding hydrogens is 312 g/mol. The highest BCUT2D eigenvalue weighted by molar-refractivity contribution is 7.18. The molecule has 7 heteroatoms. The van der Waals surface area contributed by atoms with Gasteiger partial charge in [0.2, 0.25) is 0 Å². The summed E-state index contributed by atoms with van der Waals surface area (Å²) in [7, 11) is 2.94. The molecule has 1 aromatic carbocycles. The maximum atomic E-state index is 11.5. The minimum absolute atomic E-state index is 0.0172. The monoisotopic (exact) mass is 326 g/mol. The van der Waals surface area contributed by atoms with Crippen LogP contribution in [0.2, 0.25) is 5.15 Å². The lowest BCUT2D eigenvalue weighted by Gasteiger charge is -2.13. The summed E-state index contributed by atoms with van der Waals surface area (Å²) >= 11 is 7.10. The number of carbonyl (C=O) groups excluding carboxylic acids is 1. The first kappa shape index (κ1) is 15.6. The highest BCUT2D eigenvalue weighted by atomic mass is 35.5. The van der Waals surface area contributed by atoms with Gasteiger partial charge in [-0.3, -0.25) is 0 Å². The van der Waals surface area contributed by atoms with Gasteiger partial charge in [0, 0.05) is 0 Å². The molecule has 0 amide bonds. The Balaban J connectivity index is 2.11. The molecule has 1 N–H and O–H groups in total. The molecule has 1 aromatic heterocycles. The second-order valence-corrected chi connectivity index (χ2v) is 5.63. The van der Waals surface area contributed by atoms with Crippen LogP contribution in [0.15, 0.2) is 24.3 Å². The van der Waals surface area contributed by atoms with Crippen molar-refractivity contribution in [2.45, 2.75) is 13.0 Å². The molecule has 5 nitrogen and oxygen atoms in total. The number of aromatic nitrogens is 1. The van der Waals surface area contributed by atoms with Crippen LogP contribution in [0.4, 0.5) is 5.13 Å². The summed E-state index contributed by atoms with van der Waals surface area (Å²) in [6.45, 7) is 1.99. The van der Waals surface area contributed by atoms with E-state index in [1.165, 1.54) is 18.4 Å². The number of benzene rings is 1. The molecule has 0 saturated carbocycles. The van der Waals surface area contributed by atoms with Crippen molar-refractivity contribution in [2.24, 2.45) is 0 Å². The molecule has 0 bridgehead atoms. The van der Waals surface area contributed by atoms with E-state index in [0.29, 0.717) is 10.0 Å². The lowest BCUT2D eigenvalue weighted by atomic mass is 10.1. The molecule has 0 aliphatic heterocycles. The third kappa shape index (κ3) is 3.65. The van der Waals surface area contributed by atoms with Gasteiger partial charge < -0.3 is 14.8 Å². The molecule has 2 aromatic rings. The van der Waals surface area contributed by atoms with Gasteiger partial charge in [0.1, 0.15) is 5.75 Å². The molecule has 0 saturated heterocycles. The van der Waals surface area contributed by atoms with Crippen molar-refractivity contribution >= 4 is 34.0 Å². The van der Waals surface area contributed by atoms with E-state index in [1.54, 1.807) is 7.11 Å². The van der Waals surface area contributed by atoms with Crippen LogP contribution >= 0.6 is 22.9 Å². The number of halogens is 1. The van der Waals surface area contributed by atoms with Gasteiger partial charge in [0.15, 0.2) is 15.2 Å². The SMILES string of the molecule is COC(=O)c1sc(NC(C)c2ccc(OC)cc2)nc1Cl. The van der Waals surface area contributed by atoms with Crippen molar-refractivity contribution in [1.82, 2.24) is 4.98 Å². The first-order valence-corrected chi connectivity index (χ1v) is 7.39. The normalized spacial score (nSPS) is 11.8. The fourth-order valence-corrected chi connectivity index (χ4v) is 2.93. The number of anilines is 1. The van der Waals surface area contributed by atoms with Gasteiger partial charge in [-0.1, -0.05) is 35.1 Å². The van der Waals surface area contributed by atoms with Crippen LogP contribution in [0, 0.1) is 0 Å². The van der Waals surface area contributed by atoms with Crippen molar-refractivity contribution in [3.63, 3.8) is 0 Å². The molecule has 0 aliphatic carbocycles. The topological polar surface area (TPSA) is 60.5 Å². The van der Waals surface area contributed by atoms with E-state index < -0.39 is 5.97 Å². The molecule has 1 atom stereocenters. The highest BCUT2D eigenvalue weighted by Gasteiger charge is 2.18. The van der Waals surface area contributed by atoms with Crippen LogP contribution in [0.3, 0.4) is 0 Å². The quantitative estimate of drug-likeness (QED) is 0.848. The summed E-state index contributed by atoms with van der Waals surface area (Å²) in [4.78, 5) is 15.9. The number of thiazole rings is 1. The third-order valence-corrected chi connectivity index (χ3v) is 4.26. The zero-order chi connectivity index (χ0) is 15.4. The number of methoxy groups -OCH3 is 2. The van der Waals surface area contributed by atoms with Gasteiger partial charge in [-0.2, -0.15) is 0 Å². The summed E-state index contributed by atoms with van der Waals surface area (Å²) in [6, 6.07) is 7.73. The summed E-state index contributed by atoms with van der Waals surface area (Å²) in [6.07, 6.45) is 0. The molecule has 0 spiro atoms. The number of hydrogen-bond acceptors (Lipinski definition) is 6. The zero-order valence-electron chi connectivity index (χ0n) is 11.8. The van der Waals surface area contributed by atoms with Gasteiger partial charge in [0.25, 0.3) is 0 Å². The van der Waals surface area contributed by atoms with Gasteiger partial charge in [-0.05, 0) is 24.6 Å². The average molecular weight is 327 g/mol. The van der Waals surface area contributed by atoms with Gasteiger partial charge in [-0.25, -0.2) is 9.78 Å². The zero-order valence-corrected chi connectivity index (χ0v) is 13.4. The van der Waals surface area contributed by atoms with Gasteiger partial charge in [-0.15, -0.1) is 0 Å². The molecule has 21 heavy (non-hydrogen) atoms. The Morgan fingerprint density at radius 2 is 2.00 bits per heavy atom. The number of esters is 1. The van der Waals surface area contributed by atoms with Gasteiger partial charge >= 0.3 is 5.97 Å². The molecule has 0 aliphatic rings. The van der Waals surface area contributed by atoms with Crippen LogP contribution in [-0.2, 0) is 4.74 Å². The molecule has 1 unspecified atom stereocenters. The van der Waals surface area contributed by atoms with Crippen LogP contribution in [0.25, 0.3) is 0 Å². The Kier molecular flexibility index (Phi) is 5.03. The highest BCUT2D eigenvalue weighted by Crippen LogP contribution is 2.30. The molecule has 112 valence electrons. The Morgan fingerprint density at radius 1 is 1.33 bits per heavy atom. The van der Waals surface area contributed by atoms with E-state index in [4.69, 9.17) is 16.3 Å². The van der Waals surface area contributed by atoms with E-state index in [2.05, 4.69) is 15.0 Å². The lowest BCUT2D eigenvalue weighted by molar-refractivity contribution is 0.0606. The predicted octanol–water partition coefficient (Wildman–Crippen LogP) is 3.76. The van der Waals surface area contributed by atoms with Crippen molar-refractivity contribution in [3.8, 4) is 5.75 Å². The summed E-state index contributed by atoms with van der Waals surface area (Å²) in [5, 5.41) is 3.93. The predicted molar refractivity (Wildman–Crippen MR) is 83.5 cm³/mol. The van der Waals surface area contributed by atoms with Crippen LogP contribution in [-0.4, -0.2) is 25.2 Å². The number of hydrogen-bond donors (Lipinski definition) is 1. The minimum Gasteiger partial charge on any atom is -0.497 e. The Morgan fingerprint density at radius 3 is 2.57 bits per heavy atom. The number of ether oxygens (including phenoxy) is 2. The second-order valence-electron chi connectivity index (χ2n) is 4.27. The fourth-order valence-electron chi connectivity index (χ4n) is 1.74. The number of nitrogens with zero attached hydrogens (tertiary/aromatic N) is 1. The van der Waals surface area contributed by atoms with E-state index >= 15 is 0 Å². The summed E-state index contributed by atoms with van der Waals surface area (Å²) in [5.74, 6) is 0.318. The number of carbonyl (C=O) groups is 1. The molecule has 0 radical (unpaired) electrons. The van der Waals surface area contributed by atoms with E-state index in [0.717, 1.165) is 11.3 Å². The minimum atomic E-state index is -0.484. The van der Waals surface area contributed by atoms with E-state index in [1.807, 2.05) is 31.2 Å².